The number of anilines is 3. The molecule has 0 unspecified atom stereocenters. The smallest absolute Gasteiger partial charge is 0.353 e. The number of nitrogens with zero attached hydrogens (tertiary/aromatic N) is 6. The van der Waals surface area contributed by atoms with Gasteiger partial charge in [-0.25, -0.2) is 28.7 Å². The van der Waals surface area contributed by atoms with Gasteiger partial charge < -0.3 is 15.5 Å². The maximum atomic E-state index is 14.0. The summed E-state index contributed by atoms with van der Waals surface area (Å²) in [6.07, 6.45) is -0.343. The van der Waals surface area contributed by atoms with Gasteiger partial charge in [-0.15, -0.1) is 0 Å². The summed E-state index contributed by atoms with van der Waals surface area (Å²) in [5.41, 5.74) is -0.457. The maximum absolute atomic E-state index is 14.0. The summed E-state index contributed by atoms with van der Waals surface area (Å²) in [4.78, 5) is 22.1. The van der Waals surface area contributed by atoms with E-state index in [0.29, 0.717) is 37.8 Å². The van der Waals surface area contributed by atoms with Crippen LogP contribution in [0.15, 0.2) is 43.0 Å². The minimum Gasteiger partial charge on any atom is -0.353 e. The van der Waals surface area contributed by atoms with Crippen molar-refractivity contribution in [1.82, 2.24) is 30.2 Å². The van der Waals surface area contributed by atoms with E-state index in [1.165, 1.54) is 18.5 Å². The Labute approximate surface area is 195 Å². The summed E-state index contributed by atoms with van der Waals surface area (Å²) < 4.78 is 68.6. The Balaban J connectivity index is 1.61. The van der Waals surface area contributed by atoms with E-state index in [1.54, 1.807) is 11.0 Å². The van der Waals surface area contributed by atoms with Crippen LogP contribution in [-0.4, -0.2) is 51.1 Å². The number of aromatic nitrogens is 5. The molecule has 0 radical (unpaired) electrons. The molecule has 0 aromatic carbocycles. The molecule has 13 heteroatoms. The van der Waals surface area contributed by atoms with Crippen LogP contribution in [0.5, 0.6) is 0 Å². The topological polar surface area (TPSA) is 91.8 Å². The van der Waals surface area contributed by atoms with Crippen molar-refractivity contribution < 1.29 is 22.0 Å². The van der Waals surface area contributed by atoms with E-state index in [9.17, 15) is 22.0 Å². The first-order chi connectivity index (χ1) is 16.8. The van der Waals surface area contributed by atoms with Gasteiger partial charge in [0.1, 0.15) is 17.5 Å². The number of nitrogens with one attached hydrogen (secondary N) is 2. The van der Waals surface area contributed by atoms with Gasteiger partial charge >= 0.3 is 6.18 Å². The summed E-state index contributed by atoms with van der Waals surface area (Å²) in [6, 6.07) is 3.74. The number of piperazine rings is 1. The van der Waals surface area contributed by atoms with Gasteiger partial charge in [-0.3, -0.25) is 4.98 Å². The summed E-state index contributed by atoms with van der Waals surface area (Å²) in [6.45, 7) is 2.10. The Hall–Kier alpha value is -4.00. The van der Waals surface area contributed by atoms with Gasteiger partial charge in [-0.2, -0.15) is 13.2 Å². The third-order valence-electron chi connectivity index (χ3n) is 5.38. The zero-order valence-corrected chi connectivity index (χ0v) is 17.9. The van der Waals surface area contributed by atoms with Crippen LogP contribution >= 0.6 is 0 Å². The molecule has 8 nitrogen and oxygen atoms in total. The van der Waals surface area contributed by atoms with Gasteiger partial charge in [-0.05, 0) is 12.1 Å². The van der Waals surface area contributed by atoms with Gasteiger partial charge in [0, 0.05) is 50.2 Å². The van der Waals surface area contributed by atoms with Crippen molar-refractivity contribution in [3.05, 3.63) is 60.2 Å². The van der Waals surface area contributed by atoms with Crippen molar-refractivity contribution in [2.45, 2.75) is 6.18 Å². The summed E-state index contributed by atoms with van der Waals surface area (Å²) >= 11 is 0. The Morgan fingerprint density at radius 1 is 0.971 bits per heavy atom. The Morgan fingerprint density at radius 3 is 2.51 bits per heavy atom. The van der Waals surface area contributed by atoms with E-state index in [0.717, 1.165) is 12.4 Å². The molecule has 1 aliphatic heterocycles. The first-order valence-corrected chi connectivity index (χ1v) is 10.5. The molecule has 0 spiro atoms. The maximum Gasteiger partial charge on any atom is 0.418 e. The highest BCUT2D eigenvalue weighted by molar-refractivity contribution is 5.94. The normalized spacial score (nSPS) is 14.4. The Bertz CT molecular complexity index is 1390. The lowest BCUT2D eigenvalue weighted by molar-refractivity contribution is -0.136. The molecule has 35 heavy (non-hydrogen) atoms. The summed E-state index contributed by atoms with van der Waals surface area (Å²) in [7, 11) is 0. The van der Waals surface area contributed by atoms with Crippen molar-refractivity contribution in [1.29, 1.82) is 0 Å². The van der Waals surface area contributed by atoms with Gasteiger partial charge in [0.05, 0.1) is 28.9 Å². The van der Waals surface area contributed by atoms with Crippen LogP contribution in [0.1, 0.15) is 5.56 Å². The quantitative estimate of drug-likeness (QED) is 0.418. The zero-order valence-electron chi connectivity index (χ0n) is 17.9. The van der Waals surface area contributed by atoms with E-state index in [-0.39, 0.29) is 34.2 Å². The summed E-state index contributed by atoms with van der Waals surface area (Å²) in [5.74, 6) is -1.52. The van der Waals surface area contributed by atoms with Crippen LogP contribution in [0.4, 0.5) is 39.4 Å². The monoisotopic (exact) mass is 488 g/mol. The molecule has 5 rings (SSSR count). The fourth-order valence-electron chi connectivity index (χ4n) is 3.78. The van der Waals surface area contributed by atoms with Crippen molar-refractivity contribution in [3.8, 4) is 11.4 Å². The van der Waals surface area contributed by atoms with Crippen molar-refractivity contribution >= 4 is 28.4 Å². The molecule has 4 aromatic heterocycles. The highest BCUT2D eigenvalue weighted by Crippen LogP contribution is 2.38. The number of hydrogen-bond donors (Lipinski definition) is 2. The van der Waals surface area contributed by atoms with Crippen LogP contribution in [0.25, 0.3) is 22.3 Å². The number of pyridine rings is 3. The van der Waals surface area contributed by atoms with E-state index >= 15 is 0 Å². The van der Waals surface area contributed by atoms with Crippen LogP contribution in [0.3, 0.4) is 0 Å². The zero-order chi connectivity index (χ0) is 24.6. The van der Waals surface area contributed by atoms with Gasteiger partial charge in [0.2, 0.25) is 0 Å². The molecule has 0 amide bonds. The average molecular weight is 488 g/mol. The average Bonchev–Trinajstić information content (AvgIpc) is 2.85. The van der Waals surface area contributed by atoms with Gasteiger partial charge in [-0.1, -0.05) is 0 Å². The fraction of sp³-hybridized carbons (Fsp3) is 0.227. The molecule has 0 bridgehead atoms. The lowest BCUT2D eigenvalue weighted by Crippen LogP contribution is -2.44. The third kappa shape index (κ3) is 4.67. The molecule has 1 fully saturated rings. The molecule has 0 saturated carbocycles. The van der Waals surface area contributed by atoms with Crippen LogP contribution < -0.4 is 15.5 Å². The van der Waals surface area contributed by atoms with Crippen LogP contribution in [0.2, 0.25) is 0 Å². The minimum absolute atomic E-state index is 0.0379. The third-order valence-corrected chi connectivity index (χ3v) is 5.38. The molecule has 1 aliphatic rings. The lowest BCUT2D eigenvalue weighted by atomic mass is 10.1. The molecule has 0 atom stereocenters. The van der Waals surface area contributed by atoms with Gasteiger partial charge in [0.25, 0.3) is 0 Å². The van der Waals surface area contributed by atoms with Crippen molar-refractivity contribution in [2.75, 3.05) is 36.4 Å². The largest absolute Gasteiger partial charge is 0.418 e. The number of alkyl halides is 3. The standard InChI is InChI=1S/C22H17F5N8/c23-13-8-15(24)20(31-9-13)33-17-7-12(1-2-30-17)19-32-16-11-29-10-14(22(25,26)27)18(16)21(34-19)35-5-3-28-4-6-35/h1-2,7-11,28H,3-6H2,(H,30,31,33). The van der Waals surface area contributed by atoms with Crippen LogP contribution in [-0.2, 0) is 6.18 Å². The second kappa shape index (κ2) is 8.98. The highest BCUT2D eigenvalue weighted by atomic mass is 19.4. The Morgan fingerprint density at radius 2 is 1.77 bits per heavy atom. The number of halogens is 5. The molecule has 2 N–H and O–H groups in total. The van der Waals surface area contributed by atoms with Crippen molar-refractivity contribution in [2.24, 2.45) is 0 Å². The van der Waals surface area contributed by atoms with E-state index in [4.69, 9.17) is 0 Å². The van der Waals surface area contributed by atoms with E-state index < -0.39 is 23.4 Å². The number of rotatable bonds is 4. The molecular weight excluding hydrogens is 471 g/mol. The molecule has 0 aliphatic carbocycles. The lowest BCUT2D eigenvalue weighted by Gasteiger charge is -2.30. The Kier molecular flexibility index (Phi) is 5.84. The van der Waals surface area contributed by atoms with Gasteiger partial charge in [0.15, 0.2) is 17.5 Å². The first-order valence-electron chi connectivity index (χ1n) is 10.5. The second-order valence-corrected chi connectivity index (χ2v) is 7.73. The van der Waals surface area contributed by atoms with E-state index in [1.807, 2.05) is 0 Å². The number of hydrogen-bond acceptors (Lipinski definition) is 8. The molecule has 1 saturated heterocycles. The number of fused-ring (bicyclic) bond motifs is 1. The summed E-state index contributed by atoms with van der Waals surface area (Å²) in [5, 5.41) is 5.70. The van der Waals surface area contributed by atoms with Crippen LogP contribution in [0, 0.1) is 11.6 Å². The fourth-order valence-corrected chi connectivity index (χ4v) is 3.78. The predicted molar refractivity (Wildman–Crippen MR) is 118 cm³/mol. The molecule has 5 heterocycles. The second-order valence-electron chi connectivity index (χ2n) is 7.73. The molecular formula is C22H17F5N8. The molecule has 4 aromatic rings. The minimum atomic E-state index is -4.64. The first kappa shape index (κ1) is 22.8. The van der Waals surface area contributed by atoms with Crippen molar-refractivity contribution in [3.63, 3.8) is 0 Å². The SMILES string of the molecule is Fc1cnc(Nc2cc(-c3nc(N4CCNCC4)c4c(C(F)(F)F)cncc4n3)ccn2)c(F)c1. The highest BCUT2D eigenvalue weighted by Gasteiger charge is 2.35. The predicted octanol–water partition coefficient (Wildman–Crippen LogP) is 3.93. The van der Waals surface area contributed by atoms with E-state index in [2.05, 4.69) is 35.6 Å². The molecule has 180 valence electrons.